The Kier molecular flexibility index (Phi) is 10.7. The second-order valence-electron chi connectivity index (χ2n) is 10.8. The van der Waals surface area contributed by atoms with Crippen LogP contribution < -0.4 is 10.1 Å². The van der Waals surface area contributed by atoms with Crippen molar-refractivity contribution >= 4 is 27.3 Å². The third kappa shape index (κ3) is 7.46. The van der Waals surface area contributed by atoms with Gasteiger partial charge in [-0.1, -0.05) is 53.6 Å². The van der Waals surface area contributed by atoms with Crippen LogP contribution in [0.25, 0.3) is 10.4 Å². The topological polar surface area (TPSA) is 163 Å². The second kappa shape index (κ2) is 15.1. The van der Waals surface area contributed by atoms with Gasteiger partial charge in [0.2, 0.25) is 5.90 Å². The van der Waals surface area contributed by atoms with Gasteiger partial charge >= 0.3 is 0 Å². The van der Waals surface area contributed by atoms with Crippen molar-refractivity contribution in [1.82, 2.24) is 5.32 Å². The molecule has 0 saturated carbocycles. The number of ether oxygens (including phenoxy) is 2. The number of rotatable bonds is 14. The van der Waals surface area contributed by atoms with Crippen molar-refractivity contribution in [2.75, 3.05) is 19.0 Å². The molecule has 0 unspecified atom stereocenters. The molecule has 1 aliphatic heterocycles. The normalized spacial score (nSPS) is 17.1. The first kappa shape index (κ1) is 34.0. The molecule has 0 bridgehead atoms. The largest absolute Gasteiger partial charge is 0.494 e. The van der Waals surface area contributed by atoms with Gasteiger partial charge in [-0.3, -0.25) is 4.79 Å². The maximum atomic E-state index is 14.6. The highest BCUT2D eigenvalue weighted by molar-refractivity contribution is 7.91. The lowest BCUT2D eigenvalue weighted by Gasteiger charge is -2.31. The van der Waals surface area contributed by atoms with Crippen molar-refractivity contribution in [2.45, 2.75) is 35.9 Å². The van der Waals surface area contributed by atoms with Crippen LogP contribution in [0.1, 0.15) is 35.6 Å². The number of hydrogen-bond donors (Lipinski definition) is 2. The minimum atomic E-state index is -3.97. The SMILES string of the molecule is [N-]=[N+]=Nc1ccccc1[C@H]1OC(c2ccc(OCCCO)cc2)=N[C@@]1(CCS(=O)(=O)c1ccccc1)C(=O)NCc1c(F)cccc1F. The minimum absolute atomic E-state index is 0.0259. The lowest BCUT2D eigenvalue weighted by atomic mass is 9.84. The summed E-state index contributed by atoms with van der Waals surface area (Å²) >= 11 is 0. The lowest BCUT2D eigenvalue weighted by molar-refractivity contribution is -0.129. The Bertz CT molecular complexity index is 1930. The van der Waals surface area contributed by atoms with E-state index in [0.29, 0.717) is 17.7 Å². The fraction of sp³-hybridized carbons (Fsp3) is 0.235. The Morgan fingerprint density at radius 2 is 1.69 bits per heavy atom. The summed E-state index contributed by atoms with van der Waals surface area (Å²) in [5.41, 5.74) is 7.64. The van der Waals surface area contributed by atoms with Crippen LogP contribution in [0.15, 0.2) is 112 Å². The molecule has 48 heavy (non-hydrogen) atoms. The summed E-state index contributed by atoms with van der Waals surface area (Å²) in [5.74, 6) is -2.71. The smallest absolute Gasteiger partial charge is 0.252 e. The van der Waals surface area contributed by atoms with Crippen LogP contribution in [0.3, 0.4) is 0 Å². The zero-order chi connectivity index (χ0) is 34.1. The van der Waals surface area contributed by atoms with Crippen LogP contribution in [-0.4, -0.2) is 49.8 Å². The summed E-state index contributed by atoms with van der Waals surface area (Å²) in [6, 6.07) is 23.8. The highest BCUT2D eigenvalue weighted by atomic mass is 32.2. The third-order valence-electron chi connectivity index (χ3n) is 7.74. The fourth-order valence-electron chi connectivity index (χ4n) is 5.25. The number of aliphatic hydroxyl groups excluding tert-OH is 1. The van der Waals surface area contributed by atoms with Crippen LogP contribution in [0.2, 0.25) is 0 Å². The first-order valence-electron chi connectivity index (χ1n) is 14.9. The molecule has 1 heterocycles. The van der Waals surface area contributed by atoms with E-state index in [1.54, 1.807) is 60.7 Å². The van der Waals surface area contributed by atoms with E-state index in [1.165, 1.54) is 24.3 Å². The van der Waals surface area contributed by atoms with Crippen LogP contribution in [0, 0.1) is 11.6 Å². The maximum Gasteiger partial charge on any atom is 0.252 e. The molecule has 0 radical (unpaired) electrons. The van der Waals surface area contributed by atoms with Crippen LogP contribution in [0.5, 0.6) is 5.75 Å². The van der Waals surface area contributed by atoms with Crippen molar-refractivity contribution in [3.63, 3.8) is 0 Å². The van der Waals surface area contributed by atoms with Crippen molar-refractivity contribution in [3.8, 4) is 5.75 Å². The van der Waals surface area contributed by atoms with Crippen LogP contribution in [0.4, 0.5) is 14.5 Å². The number of aliphatic hydroxyl groups is 1. The van der Waals surface area contributed by atoms with Gasteiger partial charge in [-0.05, 0) is 54.1 Å². The Morgan fingerprint density at radius 3 is 2.38 bits per heavy atom. The van der Waals surface area contributed by atoms with Gasteiger partial charge in [0, 0.05) is 53.3 Å². The van der Waals surface area contributed by atoms with Gasteiger partial charge in [-0.2, -0.15) is 0 Å². The van der Waals surface area contributed by atoms with E-state index < -0.39 is 63.3 Å². The number of sulfone groups is 1. The molecule has 2 atom stereocenters. The summed E-state index contributed by atoms with van der Waals surface area (Å²) in [6.45, 7) is -0.317. The van der Waals surface area contributed by atoms with E-state index in [1.807, 2.05) is 0 Å². The fourth-order valence-corrected chi connectivity index (χ4v) is 6.64. The molecule has 0 aromatic heterocycles. The van der Waals surface area contributed by atoms with E-state index in [0.717, 1.165) is 12.1 Å². The summed E-state index contributed by atoms with van der Waals surface area (Å²) in [7, 11) is -3.97. The summed E-state index contributed by atoms with van der Waals surface area (Å²) in [5, 5.41) is 15.4. The van der Waals surface area contributed by atoms with E-state index >= 15 is 0 Å². The number of halogens is 2. The molecule has 0 saturated heterocycles. The lowest BCUT2D eigenvalue weighted by Crippen LogP contribution is -2.49. The molecule has 11 nitrogen and oxygen atoms in total. The highest BCUT2D eigenvalue weighted by Gasteiger charge is 2.54. The van der Waals surface area contributed by atoms with E-state index in [4.69, 9.17) is 19.6 Å². The van der Waals surface area contributed by atoms with Crippen molar-refractivity contribution in [1.29, 1.82) is 0 Å². The molecule has 4 aromatic carbocycles. The van der Waals surface area contributed by atoms with Gasteiger partial charge in [-0.15, -0.1) is 0 Å². The average Bonchev–Trinajstić information content (AvgIpc) is 3.49. The predicted octanol–water partition coefficient (Wildman–Crippen LogP) is 6.11. The second-order valence-corrected chi connectivity index (χ2v) is 12.9. The molecule has 0 fully saturated rings. The Balaban J connectivity index is 1.61. The quantitative estimate of drug-likeness (QED) is 0.0710. The number of azide groups is 1. The van der Waals surface area contributed by atoms with Crippen molar-refractivity contribution in [2.24, 2.45) is 10.1 Å². The number of hydrogen-bond acceptors (Lipinski definition) is 8. The van der Waals surface area contributed by atoms with E-state index in [9.17, 15) is 27.5 Å². The molecule has 4 aromatic rings. The molecule has 1 amide bonds. The Morgan fingerprint density at radius 1 is 1.00 bits per heavy atom. The molecule has 0 aliphatic carbocycles. The highest BCUT2D eigenvalue weighted by Crippen LogP contribution is 2.46. The van der Waals surface area contributed by atoms with E-state index in [2.05, 4.69) is 15.3 Å². The van der Waals surface area contributed by atoms with Gasteiger partial charge in [-0.25, -0.2) is 22.2 Å². The monoisotopic (exact) mass is 675 g/mol. The van der Waals surface area contributed by atoms with Gasteiger partial charge in [0.1, 0.15) is 17.4 Å². The molecular formula is C34H31F2N5O6S. The summed E-state index contributed by atoms with van der Waals surface area (Å²) in [6.07, 6.45) is -1.31. The number of carbonyl (C=O) groups is 1. The zero-order valence-corrected chi connectivity index (χ0v) is 26.3. The molecule has 248 valence electrons. The number of nitrogens with one attached hydrogen (secondary N) is 1. The molecule has 14 heteroatoms. The number of benzene rings is 4. The van der Waals surface area contributed by atoms with Gasteiger partial charge in [0.05, 0.1) is 17.3 Å². The predicted molar refractivity (Wildman–Crippen MR) is 173 cm³/mol. The van der Waals surface area contributed by atoms with Gasteiger partial charge < -0.3 is 19.9 Å². The number of nitrogens with zero attached hydrogens (tertiary/aromatic N) is 4. The summed E-state index contributed by atoms with van der Waals surface area (Å²) in [4.78, 5) is 22.0. The molecule has 5 rings (SSSR count). The first-order valence-corrected chi connectivity index (χ1v) is 16.6. The third-order valence-corrected chi connectivity index (χ3v) is 9.48. The zero-order valence-electron chi connectivity index (χ0n) is 25.5. The minimum Gasteiger partial charge on any atom is -0.494 e. The number of amides is 1. The van der Waals surface area contributed by atoms with Gasteiger partial charge in [0.15, 0.2) is 21.5 Å². The van der Waals surface area contributed by atoms with Crippen LogP contribution >= 0.6 is 0 Å². The summed E-state index contributed by atoms with van der Waals surface area (Å²) < 4.78 is 68.1. The Hall–Kier alpha value is -5.30. The van der Waals surface area contributed by atoms with Crippen LogP contribution in [-0.2, 0) is 25.9 Å². The van der Waals surface area contributed by atoms with Gasteiger partial charge in [0.25, 0.3) is 5.91 Å². The standard InChI is InChI=1S/C34H31F2N5O6S/c35-28-11-6-12-29(36)27(28)22-38-33(43)34(18-21-48(44,45)25-8-2-1-3-9-25)31(26-10-4-5-13-30(26)40-41-37)47-32(39-34)23-14-16-24(17-15-23)46-20-7-19-42/h1-6,8-17,31,42H,7,18-22H2,(H,38,43)/t31-,34-/m1/s1. The Labute approximate surface area is 275 Å². The van der Waals surface area contributed by atoms with Crippen molar-refractivity contribution < 1.29 is 36.6 Å². The number of carbonyl (C=O) groups excluding carboxylic acids is 1. The molecule has 1 aliphatic rings. The molecular weight excluding hydrogens is 644 g/mol. The van der Waals surface area contributed by atoms with Crippen molar-refractivity contribution in [3.05, 3.63) is 136 Å². The molecule has 0 spiro atoms. The molecule has 2 N–H and O–H groups in total. The maximum absolute atomic E-state index is 14.6. The first-order chi connectivity index (χ1) is 23.2. The van der Waals surface area contributed by atoms with E-state index in [-0.39, 0.29) is 35.3 Å². The average molecular weight is 676 g/mol. The number of aliphatic imine (C=N–C) groups is 1.